The van der Waals surface area contributed by atoms with Gasteiger partial charge >= 0.3 is 5.97 Å². The fourth-order valence-corrected chi connectivity index (χ4v) is 3.16. The van der Waals surface area contributed by atoms with Crippen LogP contribution in [0.5, 0.6) is 0 Å². The first-order chi connectivity index (χ1) is 10.5. The summed E-state index contributed by atoms with van der Waals surface area (Å²) in [5.41, 5.74) is 0.653. The summed E-state index contributed by atoms with van der Waals surface area (Å²) in [4.78, 5) is 11.7. The number of hydrogen-bond donors (Lipinski definition) is 1. The fraction of sp³-hybridized carbons (Fsp3) is 0.188. The van der Waals surface area contributed by atoms with E-state index in [9.17, 15) is 13.2 Å². The van der Waals surface area contributed by atoms with Gasteiger partial charge in [0.05, 0.1) is 16.4 Å². The minimum atomic E-state index is -3.52. The van der Waals surface area contributed by atoms with Crippen molar-refractivity contribution < 1.29 is 17.9 Å². The average Bonchev–Trinajstić information content (AvgIpc) is 2.54. The Morgan fingerprint density at radius 1 is 1.00 bits per heavy atom. The quantitative estimate of drug-likeness (QED) is 0.828. The number of nitrogens with one attached hydrogen (secondary N) is 1. The van der Waals surface area contributed by atoms with Crippen LogP contribution in [0.4, 0.5) is 5.69 Å². The topological polar surface area (TPSA) is 72.5 Å². The molecular weight excluding hydrogens is 302 g/mol. The molecule has 0 aliphatic rings. The van der Waals surface area contributed by atoms with Gasteiger partial charge in [-0.25, -0.2) is 8.42 Å². The molecule has 5 nitrogen and oxygen atoms in total. The Balaban J connectivity index is 2.10. The molecule has 1 N–H and O–H groups in total. The maximum Gasteiger partial charge on any atom is 0.325 e. The largest absolute Gasteiger partial charge is 0.465 e. The predicted octanol–water partition coefficient (Wildman–Crippen LogP) is 2.49. The molecule has 0 fully saturated rings. The zero-order valence-corrected chi connectivity index (χ0v) is 13.0. The summed E-state index contributed by atoms with van der Waals surface area (Å²) in [6.45, 7) is 2.11. The van der Waals surface area contributed by atoms with Crippen LogP contribution in [0.25, 0.3) is 0 Å². The van der Waals surface area contributed by atoms with Crippen LogP contribution in [0.15, 0.2) is 64.4 Å². The Morgan fingerprint density at radius 2 is 1.59 bits per heavy atom. The first-order valence-electron chi connectivity index (χ1n) is 6.83. The molecule has 2 aromatic rings. The number of benzene rings is 2. The molecule has 0 radical (unpaired) electrons. The van der Waals surface area contributed by atoms with Crippen molar-refractivity contribution in [3.05, 3.63) is 54.6 Å². The van der Waals surface area contributed by atoms with E-state index in [-0.39, 0.29) is 22.3 Å². The van der Waals surface area contributed by atoms with Crippen LogP contribution in [0, 0.1) is 0 Å². The third-order valence-electron chi connectivity index (χ3n) is 2.96. The van der Waals surface area contributed by atoms with Crippen molar-refractivity contribution in [1.82, 2.24) is 0 Å². The molecule has 0 unspecified atom stereocenters. The second-order valence-corrected chi connectivity index (χ2v) is 6.45. The highest BCUT2D eigenvalue weighted by Crippen LogP contribution is 2.21. The van der Waals surface area contributed by atoms with E-state index in [0.29, 0.717) is 12.3 Å². The Morgan fingerprint density at radius 3 is 2.18 bits per heavy atom. The maximum atomic E-state index is 12.4. The van der Waals surface area contributed by atoms with Crippen LogP contribution in [0.3, 0.4) is 0 Å². The summed E-state index contributed by atoms with van der Waals surface area (Å²) in [6, 6.07) is 14.5. The number of anilines is 1. The third-order valence-corrected chi connectivity index (χ3v) is 4.75. The number of carbonyl (C=O) groups is 1. The lowest BCUT2D eigenvalue weighted by Gasteiger charge is -2.08. The minimum Gasteiger partial charge on any atom is -0.465 e. The summed E-state index contributed by atoms with van der Waals surface area (Å²) in [7, 11) is -3.52. The monoisotopic (exact) mass is 319 g/mol. The van der Waals surface area contributed by atoms with Crippen molar-refractivity contribution in [2.75, 3.05) is 18.5 Å². The predicted molar refractivity (Wildman–Crippen MR) is 83.5 cm³/mol. The van der Waals surface area contributed by atoms with E-state index in [1.807, 2.05) is 0 Å². The van der Waals surface area contributed by atoms with E-state index in [0.717, 1.165) is 0 Å². The van der Waals surface area contributed by atoms with Crippen LogP contribution in [0.1, 0.15) is 6.92 Å². The molecule has 0 amide bonds. The van der Waals surface area contributed by atoms with Gasteiger partial charge in [0.25, 0.3) is 0 Å². The zero-order chi connectivity index (χ0) is 16.0. The number of ether oxygens (including phenoxy) is 1. The summed E-state index contributed by atoms with van der Waals surface area (Å²) in [5.74, 6) is -0.358. The number of hydrogen-bond acceptors (Lipinski definition) is 5. The zero-order valence-electron chi connectivity index (χ0n) is 12.2. The van der Waals surface area contributed by atoms with Gasteiger partial charge in [-0.05, 0) is 43.3 Å². The standard InChI is InChI=1S/C16H17NO4S/c1-2-21-16(18)12-17-13-8-10-15(11-9-13)22(19,20)14-6-4-3-5-7-14/h3-11,17H,2,12H2,1H3. The molecule has 0 saturated heterocycles. The van der Waals surface area contributed by atoms with Gasteiger partial charge in [0.1, 0.15) is 6.54 Å². The Hall–Kier alpha value is -2.34. The van der Waals surface area contributed by atoms with E-state index in [4.69, 9.17) is 4.74 Å². The second-order valence-electron chi connectivity index (χ2n) is 4.50. The highest BCUT2D eigenvalue weighted by Gasteiger charge is 2.16. The Kier molecular flexibility index (Phi) is 5.16. The van der Waals surface area contributed by atoms with E-state index in [1.165, 1.54) is 12.1 Å². The van der Waals surface area contributed by atoms with Crippen molar-refractivity contribution in [2.45, 2.75) is 16.7 Å². The minimum absolute atomic E-state index is 0.0403. The molecule has 22 heavy (non-hydrogen) atoms. The maximum absolute atomic E-state index is 12.4. The summed E-state index contributed by atoms with van der Waals surface area (Å²) < 4.78 is 29.6. The fourth-order valence-electron chi connectivity index (χ4n) is 1.87. The number of carbonyl (C=O) groups excluding carboxylic acids is 1. The molecule has 0 spiro atoms. The highest BCUT2D eigenvalue weighted by atomic mass is 32.2. The SMILES string of the molecule is CCOC(=O)CNc1ccc(S(=O)(=O)c2ccccc2)cc1. The van der Waals surface area contributed by atoms with Gasteiger partial charge in [-0.15, -0.1) is 0 Å². The lowest BCUT2D eigenvalue weighted by atomic mass is 10.3. The summed E-state index contributed by atoms with van der Waals surface area (Å²) in [5, 5.41) is 2.88. The van der Waals surface area contributed by atoms with E-state index < -0.39 is 9.84 Å². The first kappa shape index (κ1) is 16.0. The molecule has 0 bridgehead atoms. The molecule has 0 aromatic heterocycles. The average molecular weight is 319 g/mol. The molecule has 0 aliphatic carbocycles. The highest BCUT2D eigenvalue weighted by molar-refractivity contribution is 7.91. The Bertz CT molecular complexity index is 725. The number of rotatable bonds is 6. The molecule has 0 atom stereocenters. The summed E-state index contributed by atoms with van der Waals surface area (Å²) >= 11 is 0. The van der Waals surface area contributed by atoms with Crippen molar-refractivity contribution in [3.63, 3.8) is 0 Å². The van der Waals surface area contributed by atoms with Crippen molar-refractivity contribution in [3.8, 4) is 0 Å². The lowest BCUT2D eigenvalue weighted by molar-refractivity contribution is -0.140. The van der Waals surface area contributed by atoms with Gasteiger partial charge in [0.2, 0.25) is 9.84 Å². The number of sulfone groups is 1. The van der Waals surface area contributed by atoms with Crippen LogP contribution in [-0.2, 0) is 19.4 Å². The summed E-state index contributed by atoms with van der Waals surface area (Å²) in [6.07, 6.45) is 0. The Labute approximate surface area is 129 Å². The van der Waals surface area contributed by atoms with Crippen molar-refractivity contribution >= 4 is 21.5 Å². The molecule has 0 heterocycles. The molecule has 116 valence electrons. The molecule has 2 rings (SSSR count). The van der Waals surface area contributed by atoms with Crippen LogP contribution >= 0.6 is 0 Å². The van der Waals surface area contributed by atoms with Gasteiger partial charge in [-0.2, -0.15) is 0 Å². The molecule has 0 saturated carbocycles. The molecule has 0 aliphatic heterocycles. The second kappa shape index (κ2) is 7.09. The van der Waals surface area contributed by atoms with E-state index in [2.05, 4.69) is 5.32 Å². The molecule has 2 aromatic carbocycles. The van der Waals surface area contributed by atoms with E-state index >= 15 is 0 Å². The van der Waals surface area contributed by atoms with Gasteiger partial charge in [-0.1, -0.05) is 18.2 Å². The van der Waals surface area contributed by atoms with Gasteiger partial charge in [-0.3, -0.25) is 4.79 Å². The van der Waals surface area contributed by atoms with Crippen molar-refractivity contribution in [1.29, 1.82) is 0 Å². The molecular formula is C16H17NO4S. The first-order valence-corrected chi connectivity index (χ1v) is 8.32. The number of esters is 1. The van der Waals surface area contributed by atoms with Crippen LogP contribution < -0.4 is 5.32 Å². The van der Waals surface area contributed by atoms with Gasteiger partial charge in [0.15, 0.2) is 0 Å². The van der Waals surface area contributed by atoms with E-state index in [1.54, 1.807) is 49.4 Å². The van der Waals surface area contributed by atoms with Gasteiger partial charge in [0, 0.05) is 5.69 Å². The van der Waals surface area contributed by atoms with Crippen LogP contribution in [-0.4, -0.2) is 27.5 Å². The van der Waals surface area contributed by atoms with Gasteiger partial charge < -0.3 is 10.1 Å². The molecule has 6 heteroatoms. The smallest absolute Gasteiger partial charge is 0.325 e. The third kappa shape index (κ3) is 3.85. The van der Waals surface area contributed by atoms with Crippen molar-refractivity contribution in [2.24, 2.45) is 0 Å². The normalized spacial score (nSPS) is 11.0. The lowest BCUT2D eigenvalue weighted by Crippen LogP contribution is -2.16. The van der Waals surface area contributed by atoms with Crippen LogP contribution in [0.2, 0.25) is 0 Å².